The Bertz CT molecular complexity index is 356. The number of rotatable bonds is 2. The van der Waals surface area contributed by atoms with Crippen molar-refractivity contribution in [2.75, 3.05) is 13.2 Å². The molecule has 0 spiro atoms. The van der Waals surface area contributed by atoms with E-state index in [4.69, 9.17) is 10.5 Å². The predicted octanol–water partition coefficient (Wildman–Crippen LogP) is 2.35. The van der Waals surface area contributed by atoms with Crippen LogP contribution in [0.4, 0.5) is 13.2 Å². The Morgan fingerprint density at radius 2 is 1.75 bits per heavy atom. The fraction of sp³-hybridized carbons (Fsp3) is 0.455. The maximum Gasteiger partial charge on any atom is 0.416 e. The molecule has 88 valence electrons. The van der Waals surface area contributed by atoms with E-state index >= 15 is 0 Å². The number of hydrogen-bond acceptors (Lipinski definition) is 2. The van der Waals surface area contributed by atoms with Gasteiger partial charge in [-0.05, 0) is 17.7 Å². The summed E-state index contributed by atoms with van der Waals surface area (Å²) in [5.74, 6) is 0.219. The van der Waals surface area contributed by atoms with Crippen LogP contribution >= 0.6 is 0 Å². The minimum Gasteiger partial charge on any atom is -0.381 e. The van der Waals surface area contributed by atoms with Gasteiger partial charge < -0.3 is 10.5 Å². The molecule has 16 heavy (non-hydrogen) atoms. The van der Waals surface area contributed by atoms with Crippen molar-refractivity contribution in [2.24, 2.45) is 11.7 Å². The summed E-state index contributed by atoms with van der Waals surface area (Å²) in [6, 6.07) is 4.76. The van der Waals surface area contributed by atoms with Crippen LogP contribution < -0.4 is 5.73 Å². The van der Waals surface area contributed by atoms with Gasteiger partial charge in [0.1, 0.15) is 0 Å². The van der Waals surface area contributed by atoms with Gasteiger partial charge in [0.2, 0.25) is 0 Å². The Labute approximate surface area is 91.2 Å². The lowest BCUT2D eigenvalue weighted by molar-refractivity contribution is -0.137. The summed E-state index contributed by atoms with van der Waals surface area (Å²) in [7, 11) is 0. The Morgan fingerprint density at radius 1 is 1.19 bits per heavy atom. The van der Waals surface area contributed by atoms with E-state index in [0.29, 0.717) is 13.2 Å². The molecule has 0 amide bonds. The van der Waals surface area contributed by atoms with Gasteiger partial charge >= 0.3 is 6.18 Å². The average molecular weight is 231 g/mol. The highest BCUT2D eigenvalue weighted by molar-refractivity contribution is 5.27. The number of benzene rings is 1. The molecule has 1 aromatic carbocycles. The van der Waals surface area contributed by atoms with Gasteiger partial charge in [-0.3, -0.25) is 0 Å². The zero-order chi connectivity index (χ0) is 11.8. The van der Waals surface area contributed by atoms with E-state index in [1.807, 2.05) is 0 Å². The van der Waals surface area contributed by atoms with Gasteiger partial charge in [-0.15, -0.1) is 0 Å². The van der Waals surface area contributed by atoms with Crippen LogP contribution in [0.3, 0.4) is 0 Å². The molecule has 0 aromatic heterocycles. The third kappa shape index (κ3) is 2.20. The molecule has 0 radical (unpaired) electrons. The summed E-state index contributed by atoms with van der Waals surface area (Å²) in [6.07, 6.45) is -4.29. The van der Waals surface area contributed by atoms with Crippen LogP contribution in [0.15, 0.2) is 24.3 Å². The van der Waals surface area contributed by atoms with Crippen LogP contribution in [0.1, 0.15) is 17.2 Å². The molecular weight excluding hydrogens is 219 g/mol. The zero-order valence-electron chi connectivity index (χ0n) is 8.50. The SMILES string of the molecule is NC(c1ccc(C(F)(F)F)cc1)C1COC1. The number of halogens is 3. The molecule has 1 aromatic rings. The molecule has 5 heteroatoms. The van der Waals surface area contributed by atoms with Crippen LogP contribution in [0.2, 0.25) is 0 Å². The van der Waals surface area contributed by atoms with Crippen LogP contribution in [0, 0.1) is 5.92 Å². The maximum absolute atomic E-state index is 12.3. The second-order valence-electron chi connectivity index (χ2n) is 3.94. The van der Waals surface area contributed by atoms with Crippen molar-refractivity contribution in [3.05, 3.63) is 35.4 Å². The lowest BCUT2D eigenvalue weighted by atomic mass is 9.92. The minimum absolute atomic E-state index is 0.219. The Hall–Kier alpha value is -1.07. The predicted molar refractivity (Wildman–Crippen MR) is 52.7 cm³/mol. The van der Waals surface area contributed by atoms with Gasteiger partial charge in [-0.25, -0.2) is 0 Å². The van der Waals surface area contributed by atoms with Crippen LogP contribution in [-0.4, -0.2) is 13.2 Å². The molecule has 2 N–H and O–H groups in total. The van der Waals surface area contributed by atoms with Crippen LogP contribution in [0.25, 0.3) is 0 Å². The largest absolute Gasteiger partial charge is 0.416 e. The number of alkyl halides is 3. The van der Waals surface area contributed by atoms with E-state index in [1.54, 1.807) is 0 Å². The molecule has 1 saturated heterocycles. The zero-order valence-corrected chi connectivity index (χ0v) is 8.50. The second kappa shape index (κ2) is 4.07. The highest BCUT2D eigenvalue weighted by Gasteiger charge is 2.31. The van der Waals surface area contributed by atoms with Crippen molar-refractivity contribution < 1.29 is 17.9 Å². The molecule has 1 unspecified atom stereocenters. The summed E-state index contributed by atoms with van der Waals surface area (Å²) >= 11 is 0. The molecule has 2 rings (SSSR count). The van der Waals surface area contributed by atoms with Crippen molar-refractivity contribution in [1.29, 1.82) is 0 Å². The lowest BCUT2D eigenvalue weighted by Gasteiger charge is -2.31. The van der Waals surface area contributed by atoms with E-state index in [9.17, 15) is 13.2 Å². The molecule has 0 saturated carbocycles. The fourth-order valence-corrected chi connectivity index (χ4v) is 1.63. The van der Waals surface area contributed by atoms with Gasteiger partial charge in [-0.1, -0.05) is 12.1 Å². The van der Waals surface area contributed by atoms with E-state index < -0.39 is 11.7 Å². The van der Waals surface area contributed by atoms with Gasteiger partial charge in [0.25, 0.3) is 0 Å². The number of nitrogens with two attached hydrogens (primary N) is 1. The second-order valence-corrected chi connectivity index (χ2v) is 3.94. The highest BCUT2D eigenvalue weighted by atomic mass is 19.4. The molecule has 0 bridgehead atoms. The van der Waals surface area contributed by atoms with Gasteiger partial charge in [0.05, 0.1) is 18.8 Å². The van der Waals surface area contributed by atoms with Crippen molar-refractivity contribution in [3.8, 4) is 0 Å². The van der Waals surface area contributed by atoms with E-state index in [1.165, 1.54) is 12.1 Å². The monoisotopic (exact) mass is 231 g/mol. The summed E-state index contributed by atoms with van der Waals surface area (Å²) in [5, 5.41) is 0. The van der Waals surface area contributed by atoms with Crippen molar-refractivity contribution >= 4 is 0 Å². The summed E-state index contributed by atoms with van der Waals surface area (Å²) in [4.78, 5) is 0. The normalized spacial score (nSPS) is 19.2. The molecular formula is C11H12F3NO. The first kappa shape index (κ1) is 11.4. The lowest BCUT2D eigenvalue weighted by Crippen LogP contribution is -2.37. The van der Waals surface area contributed by atoms with Gasteiger partial charge in [0.15, 0.2) is 0 Å². The van der Waals surface area contributed by atoms with Crippen LogP contribution in [0.5, 0.6) is 0 Å². The molecule has 1 aliphatic heterocycles. The molecule has 1 aliphatic rings. The first-order valence-corrected chi connectivity index (χ1v) is 4.99. The van der Waals surface area contributed by atoms with Gasteiger partial charge in [-0.2, -0.15) is 13.2 Å². The highest BCUT2D eigenvalue weighted by Crippen LogP contribution is 2.31. The minimum atomic E-state index is -4.29. The van der Waals surface area contributed by atoms with Crippen molar-refractivity contribution in [1.82, 2.24) is 0 Å². The summed E-state index contributed by atoms with van der Waals surface area (Å²) in [6.45, 7) is 1.17. The third-order valence-corrected chi connectivity index (χ3v) is 2.79. The average Bonchev–Trinajstić information content (AvgIpc) is 2.14. The summed E-state index contributed by atoms with van der Waals surface area (Å²) in [5.41, 5.74) is 5.98. The summed E-state index contributed by atoms with van der Waals surface area (Å²) < 4.78 is 41.9. The number of ether oxygens (including phenoxy) is 1. The van der Waals surface area contributed by atoms with Crippen LogP contribution in [-0.2, 0) is 10.9 Å². The fourth-order valence-electron chi connectivity index (χ4n) is 1.63. The Morgan fingerprint density at radius 3 is 2.12 bits per heavy atom. The standard InChI is InChI=1S/C11H12F3NO/c12-11(13,14)9-3-1-7(2-4-9)10(15)8-5-16-6-8/h1-4,8,10H,5-6,15H2. The molecule has 0 aliphatic carbocycles. The molecule has 1 atom stereocenters. The smallest absolute Gasteiger partial charge is 0.381 e. The first-order chi connectivity index (χ1) is 7.48. The Balaban J connectivity index is 2.12. The number of hydrogen-bond donors (Lipinski definition) is 1. The Kier molecular flexibility index (Phi) is 2.90. The van der Waals surface area contributed by atoms with E-state index in [-0.39, 0.29) is 12.0 Å². The third-order valence-electron chi connectivity index (χ3n) is 2.79. The maximum atomic E-state index is 12.3. The molecule has 1 heterocycles. The first-order valence-electron chi connectivity index (χ1n) is 4.99. The molecule has 2 nitrogen and oxygen atoms in total. The van der Waals surface area contributed by atoms with Crippen molar-refractivity contribution in [3.63, 3.8) is 0 Å². The van der Waals surface area contributed by atoms with Gasteiger partial charge in [0, 0.05) is 12.0 Å². The molecule has 1 fully saturated rings. The van der Waals surface area contributed by atoms with E-state index in [0.717, 1.165) is 17.7 Å². The quantitative estimate of drug-likeness (QED) is 0.847. The van der Waals surface area contributed by atoms with E-state index in [2.05, 4.69) is 0 Å². The topological polar surface area (TPSA) is 35.2 Å². The van der Waals surface area contributed by atoms with Crippen molar-refractivity contribution in [2.45, 2.75) is 12.2 Å².